The van der Waals surface area contributed by atoms with Crippen molar-refractivity contribution < 1.29 is 58.7 Å². The summed E-state index contributed by atoms with van der Waals surface area (Å²) in [5.74, 6) is -2.66. The van der Waals surface area contributed by atoms with Gasteiger partial charge in [-0.25, -0.2) is 0 Å². The van der Waals surface area contributed by atoms with E-state index in [1.54, 1.807) is 41.7 Å². The molecule has 3 aliphatic rings. The Kier molecular flexibility index (Phi) is 19.5. The molecule has 15 nitrogen and oxygen atoms in total. The average molecular weight is 848 g/mol. The van der Waals surface area contributed by atoms with Gasteiger partial charge in [0.2, 0.25) is 0 Å². The number of unbranched alkanes of at least 4 members (excludes halogenated alkanes) is 3. The van der Waals surface area contributed by atoms with Crippen LogP contribution in [0.15, 0.2) is 0 Å². The van der Waals surface area contributed by atoms with E-state index in [-0.39, 0.29) is 43.9 Å². The molecular formula is C44H85N3O12. The molecule has 0 amide bonds. The minimum atomic E-state index is -1.82. The minimum Gasteiger partial charge on any atom is -0.459 e. The van der Waals surface area contributed by atoms with Gasteiger partial charge in [-0.15, -0.1) is 0 Å². The molecule has 15 heteroatoms. The molecule has 0 aromatic rings. The van der Waals surface area contributed by atoms with Gasteiger partial charge in [-0.2, -0.15) is 0 Å². The number of carbonyl (C=O) groups is 1. The normalized spacial score (nSPS) is 46.1. The standard InChI is InChI=1S/C44H85N3O12/c1-15-17-18-19-20-45-25-44(53)31(8)56-34(23-42(44,10)54-14)58-36-28(5)38(59-40-35(48)32(47(12)13)21-27(4)55-40)41(9,51)22-26(3)24-46-30(7)37(49)43(11,52)33(16-2)57-39(50)29(36)6/h26-38,40,45-46,48-49,51-53H,15-25H2,1-14H3/t26-,27-,28+,29-,30-,31+,32+,33-,34+,35-,36+,37-,38-,40+,41+,42-,43-,44-/m1/s1. The Labute approximate surface area is 355 Å². The molecule has 3 fully saturated rings. The molecule has 0 saturated carbocycles. The maximum absolute atomic E-state index is 14.4. The summed E-state index contributed by atoms with van der Waals surface area (Å²) >= 11 is 0. The van der Waals surface area contributed by atoms with Crippen LogP contribution in [0, 0.1) is 17.8 Å². The van der Waals surface area contributed by atoms with E-state index in [1.807, 2.05) is 46.7 Å². The molecule has 59 heavy (non-hydrogen) atoms. The molecule has 3 rings (SSSR count). The second-order valence-corrected chi connectivity index (χ2v) is 19.3. The van der Waals surface area contributed by atoms with E-state index in [4.69, 9.17) is 28.4 Å². The Hall–Kier alpha value is -1.05. The first kappa shape index (κ1) is 52.3. The number of esters is 1. The van der Waals surface area contributed by atoms with Gasteiger partial charge in [0.15, 0.2) is 12.6 Å². The van der Waals surface area contributed by atoms with Crippen LogP contribution in [0.25, 0.3) is 0 Å². The van der Waals surface area contributed by atoms with E-state index in [9.17, 15) is 30.3 Å². The number of hydrogen-bond donors (Lipinski definition) is 7. The van der Waals surface area contributed by atoms with Crippen molar-refractivity contribution in [3.05, 3.63) is 0 Å². The van der Waals surface area contributed by atoms with Gasteiger partial charge in [-0.05, 0) is 107 Å². The molecule has 18 atom stereocenters. The second-order valence-electron chi connectivity index (χ2n) is 19.3. The fraction of sp³-hybridized carbons (Fsp3) is 0.977. The summed E-state index contributed by atoms with van der Waals surface area (Å²) in [6, 6.07) is -0.879. The number of methoxy groups -OCH3 is 1. The number of cyclic esters (lactones) is 1. The van der Waals surface area contributed by atoms with Gasteiger partial charge in [-0.3, -0.25) is 4.79 Å². The van der Waals surface area contributed by atoms with Crippen molar-refractivity contribution in [2.75, 3.05) is 40.8 Å². The molecule has 0 radical (unpaired) electrons. The Morgan fingerprint density at radius 3 is 2.19 bits per heavy atom. The Morgan fingerprint density at radius 1 is 0.932 bits per heavy atom. The van der Waals surface area contributed by atoms with Crippen LogP contribution in [-0.2, 0) is 33.2 Å². The number of hydrogen-bond acceptors (Lipinski definition) is 15. The number of nitrogens with one attached hydrogen (secondary N) is 2. The third-order valence-corrected chi connectivity index (χ3v) is 13.8. The van der Waals surface area contributed by atoms with Crippen LogP contribution in [0.5, 0.6) is 0 Å². The number of likely N-dealkylation sites (N-methyl/N-ethyl adjacent to an activating group) is 1. The molecule has 0 aromatic heterocycles. The van der Waals surface area contributed by atoms with Crippen LogP contribution >= 0.6 is 0 Å². The van der Waals surface area contributed by atoms with Crippen molar-refractivity contribution >= 4 is 5.97 Å². The first-order valence-electron chi connectivity index (χ1n) is 22.4. The van der Waals surface area contributed by atoms with Gasteiger partial charge >= 0.3 is 5.97 Å². The molecule has 0 aliphatic carbocycles. The summed E-state index contributed by atoms with van der Waals surface area (Å²) in [6.07, 6.45) is -3.24. The number of carbonyl (C=O) groups excluding carboxylic acids is 1. The summed E-state index contributed by atoms with van der Waals surface area (Å²) in [6.45, 7) is 21.2. The summed E-state index contributed by atoms with van der Waals surface area (Å²) in [4.78, 5) is 16.3. The first-order valence-corrected chi connectivity index (χ1v) is 22.4. The third-order valence-electron chi connectivity index (χ3n) is 13.8. The van der Waals surface area contributed by atoms with E-state index in [1.165, 1.54) is 6.92 Å². The van der Waals surface area contributed by atoms with Gasteiger partial charge in [-0.1, -0.05) is 47.0 Å². The summed E-state index contributed by atoms with van der Waals surface area (Å²) < 4.78 is 38.5. The van der Waals surface area contributed by atoms with Crippen LogP contribution in [-0.4, -0.2) is 167 Å². The molecule has 0 bridgehead atoms. The van der Waals surface area contributed by atoms with Crippen LogP contribution in [0.1, 0.15) is 128 Å². The summed E-state index contributed by atoms with van der Waals surface area (Å²) in [5.41, 5.74) is -5.97. The zero-order valence-corrected chi connectivity index (χ0v) is 38.9. The molecule has 0 aromatic carbocycles. The van der Waals surface area contributed by atoms with Gasteiger partial charge in [0, 0.05) is 38.1 Å². The highest BCUT2D eigenvalue weighted by atomic mass is 16.7. The quantitative estimate of drug-likeness (QED) is 0.0993. The van der Waals surface area contributed by atoms with Crippen molar-refractivity contribution in [2.24, 2.45) is 17.8 Å². The predicted molar refractivity (Wildman–Crippen MR) is 226 cm³/mol. The minimum absolute atomic E-state index is 0.0975. The Morgan fingerprint density at radius 2 is 1.59 bits per heavy atom. The molecule has 3 heterocycles. The van der Waals surface area contributed by atoms with Crippen molar-refractivity contribution in [2.45, 2.75) is 217 Å². The van der Waals surface area contributed by atoms with Gasteiger partial charge in [0.05, 0.1) is 35.9 Å². The van der Waals surface area contributed by atoms with E-state index < -0.39 is 95.5 Å². The lowest BCUT2D eigenvalue weighted by Gasteiger charge is -2.53. The van der Waals surface area contributed by atoms with E-state index in [2.05, 4.69) is 17.6 Å². The molecule has 3 saturated heterocycles. The zero-order valence-electron chi connectivity index (χ0n) is 38.9. The number of aliphatic hydroxyl groups is 5. The number of aliphatic hydroxyl groups excluding tert-OH is 2. The van der Waals surface area contributed by atoms with E-state index in [0.29, 0.717) is 13.0 Å². The highest BCUT2D eigenvalue weighted by Crippen LogP contribution is 2.43. The maximum atomic E-state index is 14.4. The molecule has 348 valence electrons. The lowest BCUT2D eigenvalue weighted by Crippen LogP contribution is -2.70. The monoisotopic (exact) mass is 848 g/mol. The lowest BCUT2D eigenvalue weighted by molar-refractivity contribution is -0.336. The Balaban J connectivity index is 2.11. The highest BCUT2D eigenvalue weighted by molar-refractivity contribution is 5.73. The van der Waals surface area contributed by atoms with Crippen molar-refractivity contribution in [1.82, 2.24) is 15.5 Å². The zero-order chi connectivity index (χ0) is 44.7. The van der Waals surface area contributed by atoms with Crippen molar-refractivity contribution in [3.8, 4) is 0 Å². The van der Waals surface area contributed by atoms with Crippen molar-refractivity contribution in [3.63, 3.8) is 0 Å². The molecule has 0 spiro atoms. The molecule has 3 aliphatic heterocycles. The second kappa shape index (κ2) is 22.0. The van der Waals surface area contributed by atoms with E-state index >= 15 is 0 Å². The van der Waals surface area contributed by atoms with Gasteiger partial charge in [0.1, 0.15) is 35.1 Å². The number of rotatable bonds is 14. The predicted octanol–water partition coefficient (Wildman–Crippen LogP) is 3.10. The summed E-state index contributed by atoms with van der Waals surface area (Å²) in [5, 5.41) is 66.2. The average Bonchev–Trinajstić information content (AvgIpc) is 3.16. The van der Waals surface area contributed by atoms with Crippen molar-refractivity contribution in [1.29, 1.82) is 0 Å². The van der Waals surface area contributed by atoms with Gasteiger partial charge < -0.3 is 69.5 Å². The highest BCUT2D eigenvalue weighted by Gasteiger charge is 2.58. The Bertz CT molecular complexity index is 1280. The molecule has 0 unspecified atom stereocenters. The van der Waals surface area contributed by atoms with Crippen LogP contribution in [0.4, 0.5) is 0 Å². The topological polar surface area (TPSA) is 201 Å². The lowest BCUT2D eigenvalue weighted by atomic mass is 9.75. The third kappa shape index (κ3) is 12.6. The van der Waals surface area contributed by atoms with Crippen LogP contribution in [0.3, 0.4) is 0 Å². The summed E-state index contributed by atoms with van der Waals surface area (Å²) in [7, 11) is 5.33. The smallest absolute Gasteiger partial charge is 0.311 e. The molecular weight excluding hydrogens is 762 g/mol. The SMILES string of the molecule is CCCCCCNC[C@@]1(O)[C@H](C)O[C@@H](O[C@H]2[C@H](C)[C@@H](O[C@@H]3O[C@H](C)C[C@H](N(C)C)[C@H]3O)[C@@](C)(O)C[C@@H](C)CN[C@H](C)[C@@H](O)[C@](C)(O)[C@@H](CC)OC(=O)[C@@H]2C)C[C@@]1(C)OC. The first-order chi connectivity index (χ1) is 27.4. The van der Waals surface area contributed by atoms with E-state index in [0.717, 1.165) is 32.2 Å². The largest absolute Gasteiger partial charge is 0.459 e. The maximum Gasteiger partial charge on any atom is 0.311 e. The fourth-order valence-electron chi connectivity index (χ4n) is 9.71. The fourth-order valence-corrected chi connectivity index (χ4v) is 9.71. The molecule has 7 N–H and O–H groups in total. The number of nitrogens with zero attached hydrogens (tertiary/aromatic N) is 1. The van der Waals surface area contributed by atoms with Gasteiger partial charge in [0.25, 0.3) is 0 Å². The van der Waals surface area contributed by atoms with Crippen LogP contribution < -0.4 is 10.6 Å². The van der Waals surface area contributed by atoms with Crippen LogP contribution in [0.2, 0.25) is 0 Å². The number of ether oxygens (including phenoxy) is 6.